The van der Waals surface area contributed by atoms with E-state index in [0.717, 1.165) is 11.1 Å². The highest BCUT2D eigenvalue weighted by Gasteiger charge is 2.09. The van der Waals surface area contributed by atoms with E-state index in [1.807, 2.05) is 12.3 Å². The van der Waals surface area contributed by atoms with Crippen LogP contribution in [0, 0.1) is 0 Å². The standard InChI is InChI=1S/C10H15BrN2/c1-8(2)13(3)10-9(7-11)5-4-6-12-10/h4-6,8H,7H2,1-3H3. The molecule has 0 aliphatic carbocycles. The van der Waals surface area contributed by atoms with Gasteiger partial charge in [0.15, 0.2) is 0 Å². The minimum atomic E-state index is 0.479. The summed E-state index contributed by atoms with van der Waals surface area (Å²) in [5, 5.41) is 0.854. The zero-order valence-corrected chi connectivity index (χ0v) is 9.87. The Morgan fingerprint density at radius 2 is 2.23 bits per heavy atom. The zero-order valence-electron chi connectivity index (χ0n) is 8.29. The van der Waals surface area contributed by atoms with Crippen molar-refractivity contribution in [2.24, 2.45) is 0 Å². The van der Waals surface area contributed by atoms with Gasteiger partial charge in [0.25, 0.3) is 0 Å². The molecule has 0 saturated heterocycles. The average Bonchev–Trinajstić information content (AvgIpc) is 2.16. The van der Waals surface area contributed by atoms with Crippen LogP contribution < -0.4 is 4.90 Å². The van der Waals surface area contributed by atoms with Crippen molar-refractivity contribution in [3.63, 3.8) is 0 Å². The molecule has 13 heavy (non-hydrogen) atoms. The minimum Gasteiger partial charge on any atom is -0.357 e. The van der Waals surface area contributed by atoms with Gasteiger partial charge in [0.2, 0.25) is 0 Å². The molecule has 0 bridgehead atoms. The molecule has 0 atom stereocenters. The molecule has 0 fully saturated rings. The van der Waals surface area contributed by atoms with E-state index in [9.17, 15) is 0 Å². The highest BCUT2D eigenvalue weighted by Crippen LogP contribution is 2.19. The van der Waals surface area contributed by atoms with Crippen LogP contribution >= 0.6 is 15.9 Å². The summed E-state index contributed by atoms with van der Waals surface area (Å²) in [5.74, 6) is 1.06. The van der Waals surface area contributed by atoms with Crippen molar-refractivity contribution < 1.29 is 0 Å². The second-order valence-electron chi connectivity index (χ2n) is 3.32. The van der Waals surface area contributed by atoms with E-state index in [1.54, 1.807) is 0 Å². The van der Waals surface area contributed by atoms with E-state index < -0.39 is 0 Å². The molecule has 0 spiro atoms. The van der Waals surface area contributed by atoms with Gasteiger partial charge >= 0.3 is 0 Å². The second kappa shape index (κ2) is 4.61. The van der Waals surface area contributed by atoms with Crippen LogP contribution in [0.3, 0.4) is 0 Å². The number of pyridine rings is 1. The van der Waals surface area contributed by atoms with Gasteiger partial charge in [-0.25, -0.2) is 4.98 Å². The zero-order chi connectivity index (χ0) is 9.84. The molecule has 0 saturated carbocycles. The molecular weight excluding hydrogens is 228 g/mol. The Morgan fingerprint density at radius 1 is 1.54 bits per heavy atom. The maximum atomic E-state index is 4.37. The molecule has 0 amide bonds. The van der Waals surface area contributed by atoms with Gasteiger partial charge in [-0.1, -0.05) is 22.0 Å². The highest BCUT2D eigenvalue weighted by molar-refractivity contribution is 9.08. The normalized spacial score (nSPS) is 10.5. The van der Waals surface area contributed by atoms with Crippen LogP contribution in [0.25, 0.3) is 0 Å². The number of halogens is 1. The van der Waals surface area contributed by atoms with Crippen LogP contribution in [0.2, 0.25) is 0 Å². The summed E-state index contributed by atoms with van der Waals surface area (Å²) in [6.07, 6.45) is 1.83. The molecule has 0 aliphatic heterocycles. The van der Waals surface area contributed by atoms with Gasteiger partial charge in [0, 0.05) is 30.2 Å². The van der Waals surface area contributed by atoms with Crippen LogP contribution in [-0.4, -0.2) is 18.1 Å². The van der Waals surface area contributed by atoms with Crippen molar-refractivity contribution in [2.45, 2.75) is 25.2 Å². The van der Waals surface area contributed by atoms with E-state index in [0.29, 0.717) is 6.04 Å². The van der Waals surface area contributed by atoms with Gasteiger partial charge in [-0.15, -0.1) is 0 Å². The Labute approximate surface area is 88.1 Å². The third kappa shape index (κ3) is 2.44. The van der Waals surface area contributed by atoms with E-state index in [4.69, 9.17) is 0 Å². The Kier molecular flexibility index (Phi) is 3.72. The third-order valence-electron chi connectivity index (χ3n) is 2.12. The Hall–Kier alpha value is -0.570. The fraction of sp³-hybridized carbons (Fsp3) is 0.500. The second-order valence-corrected chi connectivity index (χ2v) is 3.89. The fourth-order valence-electron chi connectivity index (χ4n) is 1.10. The topological polar surface area (TPSA) is 16.1 Å². The summed E-state index contributed by atoms with van der Waals surface area (Å²) < 4.78 is 0. The molecule has 72 valence electrons. The van der Waals surface area contributed by atoms with Gasteiger partial charge in [0.1, 0.15) is 5.82 Å². The molecule has 1 aromatic rings. The van der Waals surface area contributed by atoms with Crippen LogP contribution in [0.5, 0.6) is 0 Å². The summed E-state index contributed by atoms with van der Waals surface area (Å²) in [4.78, 5) is 6.54. The Morgan fingerprint density at radius 3 is 2.77 bits per heavy atom. The number of nitrogens with zero attached hydrogens (tertiary/aromatic N) is 2. The lowest BCUT2D eigenvalue weighted by molar-refractivity contribution is 0.740. The number of alkyl halides is 1. The molecule has 0 aliphatic rings. The van der Waals surface area contributed by atoms with E-state index >= 15 is 0 Å². The molecule has 1 heterocycles. The molecule has 1 aromatic heterocycles. The first-order valence-corrected chi connectivity index (χ1v) is 5.51. The van der Waals surface area contributed by atoms with Gasteiger partial charge in [-0.05, 0) is 19.9 Å². The van der Waals surface area contributed by atoms with Crippen LogP contribution in [0.15, 0.2) is 18.3 Å². The van der Waals surface area contributed by atoms with Crippen molar-refractivity contribution in [3.8, 4) is 0 Å². The molecular formula is C10H15BrN2. The number of aromatic nitrogens is 1. The van der Waals surface area contributed by atoms with E-state index in [-0.39, 0.29) is 0 Å². The predicted octanol–water partition coefficient (Wildman–Crippen LogP) is 2.82. The Bertz CT molecular complexity index is 273. The molecule has 0 radical (unpaired) electrons. The van der Waals surface area contributed by atoms with E-state index in [1.165, 1.54) is 5.56 Å². The lowest BCUT2D eigenvalue weighted by atomic mass is 10.2. The molecule has 0 N–H and O–H groups in total. The summed E-state index contributed by atoms with van der Waals surface area (Å²) in [6.45, 7) is 4.32. The number of hydrogen-bond donors (Lipinski definition) is 0. The summed E-state index contributed by atoms with van der Waals surface area (Å²) in [5.41, 5.74) is 1.23. The van der Waals surface area contributed by atoms with Crippen molar-refractivity contribution in [1.82, 2.24) is 4.98 Å². The number of anilines is 1. The summed E-state index contributed by atoms with van der Waals surface area (Å²) in [7, 11) is 2.07. The number of rotatable bonds is 3. The van der Waals surface area contributed by atoms with Crippen molar-refractivity contribution in [2.75, 3.05) is 11.9 Å². The van der Waals surface area contributed by atoms with Gasteiger partial charge in [-0.2, -0.15) is 0 Å². The average molecular weight is 243 g/mol. The van der Waals surface area contributed by atoms with Crippen LogP contribution in [-0.2, 0) is 5.33 Å². The molecule has 3 heteroatoms. The van der Waals surface area contributed by atoms with Gasteiger partial charge in [-0.3, -0.25) is 0 Å². The first-order valence-electron chi connectivity index (χ1n) is 4.39. The maximum absolute atomic E-state index is 4.37. The highest BCUT2D eigenvalue weighted by atomic mass is 79.9. The van der Waals surface area contributed by atoms with Crippen molar-refractivity contribution in [1.29, 1.82) is 0 Å². The maximum Gasteiger partial charge on any atom is 0.132 e. The molecule has 0 unspecified atom stereocenters. The lowest BCUT2D eigenvalue weighted by Gasteiger charge is -2.24. The first-order chi connectivity index (χ1) is 6.16. The predicted molar refractivity (Wildman–Crippen MR) is 60.4 cm³/mol. The van der Waals surface area contributed by atoms with Crippen LogP contribution in [0.1, 0.15) is 19.4 Å². The van der Waals surface area contributed by atoms with Gasteiger partial charge in [0.05, 0.1) is 0 Å². The number of hydrogen-bond acceptors (Lipinski definition) is 2. The summed E-state index contributed by atoms with van der Waals surface area (Å²) in [6, 6.07) is 4.54. The monoisotopic (exact) mass is 242 g/mol. The van der Waals surface area contributed by atoms with Crippen molar-refractivity contribution >= 4 is 21.7 Å². The fourth-order valence-corrected chi connectivity index (χ4v) is 1.53. The molecule has 1 rings (SSSR count). The van der Waals surface area contributed by atoms with Crippen molar-refractivity contribution in [3.05, 3.63) is 23.9 Å². The smallest absolute Gasteiger partial charge is 0.132 e. The van der Waals surface area contributed by atoms with E-state index in [2.05, 4.69) is 52.8 Å². The molecule has 2 nitrogen and oxygen atoms in total. The van der Waals surface area contributed by atoms with Crippen LogP contribution in [0.4, 0.5) is 5.82 Å². The summed E-state index contributed by atoms with van der Waals surface area (Å²) >= 11 is 3.46. The molecule has 0 aromatic carbocycles. The Balaban J connectivity index is 2.98. The van der Waals surface area contributed by atoms with Gasteiger partial charge < -0.3 is 4.90 Å². The first kappa shape index (κ1) is 10.5. The quantitative estimate of drug-likeness (QED) is 0.759. The minimum absolute atomic E-state index is 0.479. The largest absolute Gasteiger partial charge is 0.357 e. The lowest BCUT2D eigenvalue weighted by Crippen LogP contribution is -2.27. The third-order valence-corrected chi connectivity index (χ3v) is 2.72. The SMILES string of the molecule is CC(C)N(C)c1ncccc1CBr.